The number of rotatable bonds is 3. The molecule has 0 saturated heterocycles. The summed E-state index contributed by atoms with van der Waals surface area (Å²) >= 11 is 6.02. The third-order valence-corrected chi connectivity index (χ3v) is 2.96. The van der Waals surface area contributed by atoms with Crippen molar-refractivity contribution < 1.29 is 10.2 Å². The zero-order valence-corrected chi connectivity index (χ0v) is 10.2. The zero-order chi connectivity index (χ0) is 11.8. The maximum absolute atomic E-state index is 9.75. The number of aromatic nitrogens is 2. The number of halogens is 1. The highest BCUT2D eigenvalue weighted by Crippen LogP contribution is 2.23. The Bertz CT molecular complexity index is 355. The molecule has 1 rings (SSSR count). The Morgan fingerprint density at radius 2 is 2.07 bits per heavy atom. The molecule has 0 aliphatic rings. The summed E-state index contributed by atoms with van der Waals surface area (Å²) in [5.74, 6) is 0. The quantitative estimate of drug-likeness (QED) is 0.819. The van der Waals surface area contributed by atoms with Gasteiger partial charge in [0.1, 0.15) is 5.15 Å². The number of aliphatic hydroxyl groups excluding tert-OH is 1. The van der Waals surface area contributed by atoms with Crippen molar-refractivity contribution >= 4 is 11.6 Å². The van der Waals surface area contributed by atoms with Crippen LogP contribution in [0.1, 0.15) is 25.1 Å². The van der Waals surface area contributed by atoms with Gasteiger partial charge in [0, 0.05) is 19.0 Å². The molecule has 0 aliphatic carbocycles. The number of nitrogens with zero attached hydrogens (tertiary/aromatic N) is 2. The first kappa shape index (κ1) is 12.5. The van der Waals surface area contributed by atoms with Gasteiger partial charge in [-0.15, -0.1) is 0 Å². The molecule has 0 spiro atoms. The van der Waals surface area contributed by atoms with Crippen molar-refractivity contribution in [3.8, 4) is 0 Å². The molecule has 0 saturated carbocycles. The monoisotopic (exact) mass is 232 g/mol. The largest absolute Gasteiger partial charge is 0.390 e. The van der Waals surface area contributed by atoms with Gasteiger partial charge in [0.2, 0.25) is 0 Å². The Kier molecular flexibility index (Phi) is 3.43. The second-order valence-electron chi connectivity index (χ2n) is 4.35. The summed E-state index contributed by atoms with van der Waals surface area (Å²) in [5.41, 5.74) is 0.436. The molecule has 1 heterocycles. The number of aliphatic hydroxyl groups is 2. The lowest BCUT2D eigenvalue weighted by molar-refractivity contribution is -0.0469. The van der Waals surface area contributed by atoms with Crippen LogP contribution in [0.3, 0.4) is 0 Å². The van der Waals surface area contributed by atoms with Crippen molar-refractivity contribution in [2.75, 3.05) is 0 Å². The summed E-state index contributed by atoms with van der Waals surface area (Å²) in [6.07, 6.45) is -0.542. The molecule has 4 nitrogen and oxygen atoms in total. The van der Waals surface area contributed by atoms with Crippen molar-refractivity contribution in [1.29, 1.82) is 0 Å². The molecular formula is C10H17ClN2O2. The summed E-state index contributed by atoms with van der Waals surface area (Å²) in [7, 11) is 1.75. The van der Waals surface area contributed by atoms with E-state index in [1.807, 2.05) is 6.92 Å². The lowest BCUT2D eigenvalue weighted by atomic mass is 9.96. The van der Waals surface area contributed by atoms with E-state index in [0.717, 1.165) is 11.3 Å². The minimum absolute atomic E-state index is 0.308. The van der Waals surface area contributed by atoms with Gasteiger partial charge in [0.25, 0.3) is 0 Å². The second-order valence-corrected chi connectivity index (χ2v) is 4.71. The van der Waals surface area contributed by atoms with Crippen LogP contribution in [0.25, 0.3) is 0 Å². The average Bonchev–Trinajstić information content (AvgIpc) is 2.30. The lowest BCUT2D eigenvalue weighted by Gasteiger charge is -2.24. The van der Waals surface area contributed by atoms with E-state index in [0.29, 0.717) is 11.6 Å². The first-order chi connectivity index (χ1) is 6.73. The summed E-state index contributed by atoms with van der Waals surface area (Å²) in [4.78, 5) is 0. The van der Waals surface area contributed by atoms with Crippen molar-refractivity contribution in [3.63, 3.8) is 0 Å². The summed E-state index contributed by atoms with van der Waals surface area (Å²) in [6.45, 7) is 4.97. The van der Waals surface area contributed by atoms with E-state index in [-0.39, 0.29) is 0 Å². The van der Waals surface area contributed by atoms with Crippen LogP contribution >= 0.6 is 11.6 Å². The predicted octanol–water partition coefficient (Wildman–Crippen LogP) is 1.06. The van der Waals surface area contributed by atoms with Crippen molar-refractivity contribution in [1.82, 2.24) is 9.78 Å². The average molecular weight is 233 g/mol. The molecule has 0 bridgehead atoms. The van der Waals surface area contributed by atoms with E-state index in [1.54, 1.807) is 25.6 Å². The van der Waals surface area contributed by atoms with Crippen molar-refractivity contribution in [2.45, 2.75) is 38.9 Å². The van der Waals surface area contributed by atoms with Crippen LogP contribution < -0.4 is 0 Å². The molecule has 0 aromatic carbocycles. The van der Waals surface area contributed by atoms with E-state index in [2.05, 4.69) is 5.10 Å². The molecule has 5 heteroatoms. The summed E-state index contributed by atoms with van der Waals surface area (Å²) in [5, 5.41) is 24.0. The van der Waals surface area contributed by atoms with E-state index in [9.17, 15) is 10.2 Å². The maximum atomic E-state index is 9.75. The first-order valence-electron chi connectivity index (χ1n) is 4.82. The first-order valence-corrected chi connectivity index (χ1v) is 5.19. The molecule has 0 fully saturated rings. The summed E-state index contributed by atoms with van der Waals surface area (Å²) in [6, 6.07) is 0. The highest BCUT2D eigenvalue weighted by atomic mass is 35.5. The van der Waals surface area contributed by atoms with Crippen LogP contribution in [0.2, 0.25) is 5.15 Å². The van der Waals surface area contributed by atoms with E-state index in [4.69, 9.17) is 11.6 Å². The number of aryl methyl sites for hydroxylation is 2. The summed E-state index contributed by atoms with van der Waals surface area (Å²) < 4.78 is 1.56. The van der Waals surface area contributed by atoms with Crippen molar-refractivity contribution in [3.05, 3.63) is 16.4 Å². The SMILES string of the molecule is Cc1nn(C)c(Cl)c1CC(O)C(C)(C)O. The van der Waals surface area contributed by atoms with E-state index in [1.165, 1.54) is 0 Å². The predicted molar refractivity (Wildman–Crippen MR) is 59.0 cm³/mol. The molecule has 0 radical (unpaired) electrons. The van der Waals surface area contributed by atoms with Crippen LogP contribution in [-0.4, -0.2) is 31.7 Å². The van der Waals surface area contributed by atoms with Gasteiger partial charge in [-0.05, 0) is 20.8 Å². The lowest BCUT2D eigenvalue weighted by Crippen LogP contribution is -2.37. The van der Waals surface area contributed by atoms with Crippen LogP contribution in [0.5, 0.6) is 0 Å². The zero-order valence-electron chi connectivity index (χ0n) is 9.45. The topological polar surface area (TPSA) is 58.3 Å². The normalized spacial score (nSPS) is 14.3. The Labute approximate surface area is 94.5 Å². The fourth-order valence-electron chi connectivity index (χ4n) is 1.35. The third kappa shape index (κ3) is 2.71. The minimum atomic E-state index is -1.13. The van der Waals surface area contributed by atoms with Crippen LogP contribution in [0.4, 0.5) is 0 Å². The van der Waals surface area contributed by atoms with E-state index < -0.39 is 11.7 Å². The van der Waals surface area contributed by atoms with Crippen LogP contribution in [-0.2, 0) is 13.5 Å². The van der Waals surface area contributed by atoms with Gasteiger partial charge in [-0.1, -0.05) is 11.6 Å². The van der Waals surface area contributed by atoms with Gasteiger partial charge < -0.3 is 10.2 Å². The fourth-order valence-corrected chi connectivity index (χ4v) is 1.60. The molecule has 86 valence electrons. The Hall–Kier alpha value is -0.580. The molecule has 0 amide bonds. The highest BCUT2D eigenvalue weighted by molar-refractivity contribution is 6.30. The van der Waals surface area contributed by atoms with Gasteiger partial charge >= 0.3 is 0 Å². The number of hydrogen-bond donors (Lipinski definition) is 2. The maximum Gasteiger partial charge on any atom is 0.130 e. The van der Waals surface area contributed by atoms with Gasteiger partial charge in [-0.25, -0.2) is 0 Å². The smallest absolute Gasteiger partial charge is 0.130 e. The molecule has 15 heavy (non-hydrogen) atoms. The standard InChI is InChI=1S/C10H17ClN2O2/c1-6-7(9(11)13(4)12-6)5-8(14)10(2,3)15/h8,14-15H,5H2,1-4H3. The van der Waals surface area contributed by atoms with Gasteiger partial charge in [0.15, 0.2) is 0 Å². The second kappa shape index (κ2) is 4.12. The Morgan fingerprint density at radius 3 is 2.40 bits per heavy atom. The molecule has 1 aromatic heterocycles. The molecule has 0 aliphatic heterocycles. The highest BCUT2D eigenvalue weighted by Gasteiger charge is 2.27. The third-order valence-electron chi connectivity index (χ3n) is 2.48. The van der Waals surface area contributed by atoms with Gasteiger partial charge in [-0.3, -0.25) is 4.68 Å². The molecule has 1 unspecified atom stereocenters. The fraction of sp³-hybridized carbons (Fsp3) is 0.700. The van der Waals surface area contributed by atoms with Gasteiger partial charge in [0.05, 0.1) is 17.4 Å². The molecule has 1 aromatic rings. The molecule has 1 atom stereocenters. The number of hydrogen-bond acceptors (Lipinski definition) is 3. The van der Waals surface area contributed by atoms with E-state index >= 15 is 0 Å². The van der Waals surface area contributed by atoms with Crippen molar-refractivity contribution in [2.24, 2.45) is 7.05 Å². The minimum Gasteiger partial charge on any atom is -0.390 e. The molecular weight excluding hydrogens is 216 g/mol. The molecule has 2 N–H and O–H groups in total. The Morgan fingerprint density at radius 1 is 1.53 bits per heavy atom. The van der Waals surface area contributed by atoms with Crippen LogP contribution in [0, 0.1) is 6.92 Å². The van der Waals surface area contributed by atoms with Gasteiger partial charge in [-0.2, -0.15) is 5.10 Å². The van der Waals surface area contributed by atoms with Crippen LogP contribution in [0.15, 0.2) is 0 Å². The Balaban J connectivity index is 2.90.